The Balaban J connectivity index is 0.00000392. The predicted octanol–water partition coefficient (Wildman–Crippen LogP) is 2.76. The molecule has 160 valence electrons. The molecule has 1 heterocycles. The van der Waals surface area contributed by atoms with E-state index in [0.29, 0.717) is 32.1 Å². The van der Waals surface area contributed by atoms with Gasteiger partial charge in [-0.05, 0) is 50.8 Å². The first kappa shape index (κ1) is 24.8. The lowest BCUT2D eigenvalue weighted by atomic mass is 10.1. The van der Waals surface area contributed by atoms with E-state index in [1.165, 1.54) is 0 Å². The monoisotopic (exact) mass is 525 g/mol. The number of aliphatic imine (C=N–C) groups is 1. The molecule has 7 nitrogen and oxygen atoms in total. The van der Waals surface area contributed by atoms with Crippen molar-refractivity contribution >= 4 is 39.8 Å². The van der Waals surface area contributed by atoms with Crippen LogP contribution in [0.4, 0.5) is 0 Å². The summed E-state index contributed by atoms with van der Waals surface area (Å²) >= 11 is 0. The Morgan fingerprint density at radius 1 is 1.25 bits per heavy atom. The van der Waals surface area contributed by atoms with Crippen LogP contribution in [0.25, 0.3) is 0 Å². The van der Waals surface area contributed by atoms with E-state index in [4.69, 9.17) is 9.47 Å². The molecule has 0 radical (unpaired) electrons. The van der Waals surface area contributed by atoms with E-state index in [0.717, 1.165) is 17.1 Å². The van der Waals surface area contributed by atoms with E-state index in [1.54, 1.807) is 7.05 Å². The molecule has 1 aromatic carbocycles. The normalized spacial score (nSPS) is 19.4. The number of ether oxygens (including phenoxy) is 2. The van der Waals surface area contributed by atoms with Crippen molar-refractivity contribution in [3.8, 4) is 11.5 Å². The van der Waals surface area contributed by atoms with Gasteiger partial charge >= 0.3 is 0 Å². The van der Waals surface area contributed by atoms with Gasteiger partial charge in [0.2, 0.25) is 0 Å². The molecule has 0 spiro atoms. The zero-order valence-electron chi connectivity index (χ0n) is 17.0. The third-order valence-electron chi connectivity index (χ3n) is 4.53. The molecule has 0 amide bonds. The summed E-state index contributed by atoms with van der Waals surface area (Å²) in [5, 5.41) is 6.58. The molecule has 1 aromatic rings. The minimum absolute atomic E-state index is 0. The van der Waals surface area contributed by atoms with Crippen molar-refractivity contribution in [1.82, 2.24) is 10.6 Å². The van der Waals surface area contributed by atoms with E-state index in [9.17, 15) is 8.42 Å². The minimum atomic E-state index is -2.86. The second-order valence-corrected chi connectivity index (χ2v) is 8.89. The van der Waals surface area contributed by atoms with Gasteiger partial charge in [-0.2, -0.15) is 0 Å². The van der Waals surface area contributed by atoms with Crippen LogP contribution in [-0.4, -0.2) is 52.7 Å². The molecule has 0 aliphatic carbocycles. The van der Waals surface area contributed by atoms with Crippen LogP contribution in [0.15, 0.2) is 23.2 Å². The van der Waals surface area contributed by atoms with E-state index < -0.39 is 9.84 Å². The quantitative estimate of drug-likeness (QED) is 0.308. The Morgan fingerprint density at radius 3 is 2.50 bits per heavy atom. The summed E-state index contributed by atoms with van der Waals surface area (Å²) in [7, 11) is -1.16. The van der Waals surface area contributed by atoms with Crippen LogP contribution in [0, 0.1) is 5.92 Å². The van der Waals surface area contributed by atoms with E-state index in [1.807, 2.05) is 39.0 Å². The Labute approximate surface area is 185 Å². The Bertz CT molecular complexity index is 756. The Morgan fingerprint density at radius 2 is 1.93 bits per heavy atom. The van der Waals surface area contributed by atoms with E-state index in [-0.39, 0.29) is 47.4 Å². The number of nitrogens with zero attached hydrogens (tertiary/aromatic N) is 1. The minimum Gasteiger partial charge on any atom is -0.490 e. The fraction of sp³-hybridized carbons (Fsp3) is 0.632. The smallest absolute Gasteiger partial charge is 0.191 e. The summed E-state index contributed by atoms with van der Waals surface area (Å²) < 4.78 is 34.5. The van der Waals surface area contributed by atoms with Gasteiger partial charge in [-0.1, -0.05) is 6.07 Å². The van der Waals surface area contributed by atoms with Crippen molar-refractivity contribution in [2.45, 2.75) is 33.2 Å². The zero-order chi connectivity index (χ0) is 19.9. The molecule has 2 rings (SSSR count). The largest absolute Gasteiger partial charge is 0.490 e. The Kier molecular flexibility index (Phi) is 10.4. The van der Waals surface area contributed by atoms with Gasteiger partial charge in [-0.25, -0.2) is 8.42 Å². The SMILES string of the molecule is CCOc1ccc(C(C)NC(=NC)NCC2CCS(=O)(=O)C2)cc1OCC.I. The number of halogens is 1. The average molecular weight is 525 g/mol. The highest BCUT2D eigenvalue weighted by Crippen LogP contribution is 2.30. The molecule has 1 aliphatic heterocycles. The van der Waals surface area contributed by atoms with Gasteiger partial charge in [-0.15, -0.1) is 24.0 Å². The van der Waals surface area contributed by atoms with Gasteiger partial charge in [0.1, 0.15) is 0 Å². The van der Waals surface area contributed by atoms with Gasteiger partial charge < -0.3 is 20.1 Å². The van der Waals surface area contributed by atoms with E-state index in [2.05, 4.69) is 15.6 Å². The van der Waals surface area contributed by atoms with Gasteiger partial charge in [-0.3, -0.25) is 4.99 Å². The number of hydrogen-bond donors (Lipinski definition) is 2. The molecule has 0 aromatic heterocycles. The van der Waals surface area contributed by atoms with Crippen molar-refractivity contribution in [3.63, 3.8) is 0 Å². The summed E-state index contributed by atoms with van der Waals surface area (Å²) in [6, 6.07) is 5.89. The highest BCUT2D eigenvalue weighted by molar-refractivity contribution is 14.0. The molecule has 1 fully saturated rings. The highest BCUT2D eigenvalue weighted by Gasteiger charge is 2.27. The van der Waals surface area contributed by atoms with Crippen LogP contribution in [0.2, 0.25) is 0 Å². The van der Waals surface area contributed by atoms with Crippen molar-refractivity contribution in [2.24, 2.45) is 10.9 Å². The first-order chi connectivity index (χ1) is 12.9. The summed E-state index contributed by atoms with van der Waals surface area (Å²) in [6.07, 6.45) is 0.707. The number of benzene rings is 1. The lowest BCUT2D eigenvalue weighted by Crippen LogP contribution is -2.41. The second-order valence-electron chi connectivity index (χ2n) is 6.66. The summed E-state index contributed by atoms with van der Waals surface area (Å²) in [5.41, 5.74) is 1.05. The van der Waals surface area contributed by atoms with E-state index >= 15 is 0 Å². The van der Waals surface area contributed by atoms with Gasteiger partial charge in [0, 0.05) is 13.6 Å². The second kappa shape index (κ2) is 11.7. The summed E-state index contributed by atoms with van der Waals surface area (Å²) in [5.74, 6) is 2.79. The third-order valence-corrected chi connectivity index (χ3v) is 6.37. The molecule has 1 saturated heterocycles. The molecule has 28 heavy (non-hydrogen) atoms. The fourth-order valence-corrected chi connectivity index (χ4v) is 4.96. The Hall–Kier alpha value is -1.23. The standard InChI is InChI=1S/C19H31N3O4S.HI/c1-5-25-17-8-7-16(11-18(17)26-6-2)14(3)22-19(20-4)21-12-15-9-10-27(23,24)13-15;/h7-8,11,14-15H,5-6,9-10,12-13H2,1-4H3,(H2,20,21,22);1H. The molecular weight excluding hydrogens is 493 g/mol. The summed E-state index contributed by atoms with van der Waals surface area (Å²) in [6.45, 7) is 7.68. The fourth-order valence-electron chi connectivity index (χ4n) is 3.09. The lowest BCUT2D eigenvalue weighted by molar-refractivity contribution is 0.287. The van der Waals surface area contributed by atoms with Crippen LogP contribution >= 0.6 is 24.0 Å². The summed E-state index contributed by atoms with van der Waals surface area (Å²) in [4.78, 5) is 4.25. The maximum absolute atomic E-state index is 11.6. The zero-order valence-corrected chi connectivity index (χ0v) is 20.2. The van der Waals surface area contributed by atoms with Crippen molar-refractivity contribution in [2.75, 3.05) is 38.3 Å². The van der Waals surface area contributed by atoms with Crippen molar-refractivity contribution in [3.05, 3.63) is 23.8 Å². The maximum Gasteiger partial charge on any atom is 0.191 e. The molecule has 0 bridgehead atoms. The first-order valence-electron chi connectivity index (χ1n) is 9.45. The number of hydrogen-bond acceptors (Lipinski definition) is 5. The molecule has 2 N–H and O–H groups in total. The first-order valence-corrected chi connectivity index (χ1v) is 11.3. The van der Waals surface area contributed by atoms with Crippen LogP contribution in [0.1, 0.15) is 38.8 Å². The van der Waals surface area contributed by atoms with Crippen LogP contribution in [-0.2, 0) is 9.84 Å². The van der Waals surface area contributed by atoms with Gasteiger partial charge in [0.05, 0.1) is 30.8 Å². The number of sulfone groups is 1. The topological polar surface area (TPSA) is 89.0 Å². The predicted molar refractivity (Wildman–Crippen MR) is 124 cm³/mol. The maximum atomic E-state index is 11.6. The number of nitrogens with one attached hydrogen (secondary N) is 2. The lowest BCUT2D eigenvalue weighted by Gasteiger charge is -2.21. The van der Waals surface area contributed by atoms with Crippen molar-refractivity contribution < 1.29 is 17.9 Å². The molecule has 2 atom stereocenters. The third kappa shape index (κ3) is 7.31. The molecule has 9 heteroatoms. The van der Waals surface area contributed by atoms with Gasteiger partial charge in [0.25, 0.3) is 0 Å². The van der Waals surface area contributed by atoms with Gasteiger partial charge in [0.15, 0.2) is 27.3 Å². The van der Waals surface area contributed by atoms with Crippen LogP contribution < -0.4 is 20.1 Å². The van der Waals surface area contributed by atoms with Crippen LogP contribution in [0.5, 0.6) is 11.5 Å². The molecular formula is C19H32IN3O4S. The highest BCUT2D eigenvalue weighted by atomic mass is 127. The average Bonchev–Trinajstić information content (AvgIpc) is 2.99. The molecule has 2 unspecified atom stereocenters. The van der Waals surface area contributed by atoms with Crippen molar-refractivity contribution in [1.29, 1.82) is 0 Å². The number of rotatable bonds is 8. The molecule has 1 aliphatic rings. The molecule has 0 saturated carbocycles. The number of guanidine groups is 1. The van der Waals surface area contributed by atoms with Crippen LogP contribution in [0.3, 0.4) is 0 Å².